The molecule has 0 atom stereocenters. The molecule has 0 saturated heterocycles. The molecule has 1 rings (SSSR count). The number of benzene rings is 1. The fourth-order valence-corrected chi connectivity index (χ4v) is 1.45. The molecule has 0 fully saturated rings. The van der Waals surface area contributed by atoms with E-state index in [2.05, 4.69) is 0 Å². The van der Waals surface area contributed by atoms with Crippen LogP contribution in [0.2, 0.25) is 0 Å². The molecule has 0 aliphatic carbocycles. The van der Waals surface area contributed by atoms with Gasteiger partial charge >= 0.3 is 0 Å². The molecular formula is C12H16N4O4. The van der Waals surface area contributed by atoms with Crippen LogP contribution in [0.1, 0.15) is 0 Å². The van der Waals surface area contributed by atoms with Crippen LogP contribution in [0, 0.1) is 0 Å². The van der Waals surface area contributed by atoms with Gasteiger partial charge < -0.3 is 26.8 Å². The smallest absolute Gasteiger partial charge is 0.261 e. The molecule has 0 aliphatic rings. The SMILES string of the molecule is NC(=O)CN(CC(N)=O)C(=O)COc1cccc(N)c1. The first kappa shape index (κ1) is 15.3. The summed E-state index contributed by atoms with van der Waals surface area (Å²) in [6.45, 7) is -1.16. The first-order chi connectivity index (χ1) is 9.38. The highest BCUT2D eigenvalue weighted by Gasteiger charge is 2.18. The molecule has 0 saturated carbocycles. The van der Waals surface area contributed by atoms with Gasteiger partial charge in [0.15, 0.2) is 6.61 Å². The lowest BCUT2D eigenvalue weighted by molar-refractivity contribution is -0.139. The van der Waals surface area contributed by atoms with Gasteiger partial charge in [0.25, 0.3) is 5.91 Å². The summed E-state index contributed by atoms with van der Waals surface area (Å²) in [7, 11) is 0. The Hall–Kier alpha value is -2.77. The number of hydrogen-bond donors (Lipinski definition) is 3. The van der Waals surface area contributed by atoms with Gasteiger partial charge in [0, 0.05) is 11.8 Å². The average molecular weight is 280 g/mol. The van der Waals surface area contributed by atoms with Crippen molar-refractivity contribution >= 4 is 23.4 Å². The van der Waals surface area contributed by atoms with Gasteiger partial charge in [-0.05, 0) is 12.1 Å². The summed E-state index contributed by atoms with van der Waals surface area (Å²) < 4.78 is 5.22. The number of nitrogen functional groups attached to an aromatic ring is 1. The predicted octanol–water partition coefficient (Wildman–Crippen LogP) is -1.55. The van der Waals surface area contributed by atoms with Gasteiger partial charge in [0.1, 0.15) is 5.75 Å². The summed E-state index contributed by atoms with van der Waals surface area (Å²) in [6.07, 6.45) is 0. The Morgan fingerprint density at radius 3 is 2.20 bits per heavy atom. The molecular weight excluding hydrogens is 264 g/mol. The highest BCUT2D eigenvalue weighted by Crippen LogP contribution is 2.14. The van der Waals surface area contributed by atoms with Gasteiger partial charge in [-0.25, -0.2) is 0 Å². The Bertz CT molecular complexity index is 502. The summed E-state index contributed by atoms with van der Waals surface area (Å²) in [5, 5.41) is 0. The number of anilines is 1. The van der Waals surface area contributed by atoms with Crippen LogP contribution in [0.3, 0.4) is 0 Å². The first-order valence-corrected chi connectivity index (χ1v) is 5.71. The Morgan fingerprint density at radius 2 is 1.70 bits per heavy atom. The van der Waals surface area contributed by atoms with Crippen molar-refractivity contribution in [3.8, 4) is 5.75 Å². The number of nitrogens with zero attached hydrogens (tertiary/aromatic N) is 1. The molecule has 108 valence electrons. The van der Waals surface area contributed by atoms with E-state index in [-0.39, 0.29) is 6.61 Å². The molecule has 0 radical (unpaired) electrons. The highest BCUT2D eigenvalue weighted by molar-refractivity contribution is 5.88. The Kier molecular flexibility index (Phi) is 5.33. The molecule has 0 spiro atoms. The van der Waals surface area contributed by atoms with Gasteiger partial charge in [-0.3, -0.25) is 14.4 Å². The number of carbonyl (C=O) groups excluding carboxylic acids is 3. The van der Waals surface area contributed by atoms with Gasteiger partial charge in [0.05, 0.1) is 13.1 Å². The molecule has 8 heteroatoms. The second kappa shape index (κ2) is 6.98. The molecule has 0 bridgehead atoms. The van der Waals surface area contributed by atoms with Crippen molar-refractivity contribution in [1.82, 2.24) is 4.90 Å². The third kappa shape index (κ3) is 5.25. The minimum atomic E-state index is -0.747. The zero-order valence-electron chi connectivity index (χ0n) is 10.7. The molecule has 1 aromatic carbocycles. The number of ether oxygens (including phenoxy) is 1. The van der Waals surface area contributed by atoms with Crippen LogP contribution < -0.4 is 21.9 Å². The van der Waals surface area contributed by atoms with Crippen LogP contribution in [0.5, 0.6) is 5.75 Å². The molecule has 3 amide bonds. The Labute approximate surface area is 115 Å². The fraction of sp³-hybridized carbons (Fsp3) is 0.250. The van der Waals surface area contributed by atoms with Gasteiger partial charge in [-0.1, -0.05) is 6.07 Å². The number of hydrogen-bond acceptors (Lipinski definition) is 5. The predicted molar refractivity (Wildman–Crippen MR) is 71.3 cm³/mol. The van der Waals surface area contributed by atoms with Crippen molar-refractivity contribution < 1.29 is 19.1 Å². The van der Waals surface area contributed by atoms with Crippen LogP contribution >= 0.6 is 0 Å². The van der Waals surface area contributed by atoms with E-state index in [4.69, 9.17) is 21.9 Å². The third-order valence-corrected chi connectivity index (χ3v) is 2.27. The van der Waals surface area contributed by atoms with E-state index in [0.29, 0.717) is 11.4 Å². The van der Waals surface area contributed by atoms with Crippen molar-refractivity contribution in [3.05, 3.63) is 24.3 Å². The van der Waals surface area contributed by atoms with Crippen LogP contribution in [0.25, 0.3) is 0 Å². The Morgan fingerprint density at radius 1 is 1.10 bits per heavy atom. The van der Waals surface area contributed by atoms with Crippen molar-refractivity contribution in [2.45, 2.75) is 0 Å². The summed E-state index contributed by atoms with van der Waals surface area (Å²) in [4.78, 5) is 34.4. The maximum absolute atomic E-state index is 11.8. The largest absolute Gasteiger partial charge is 0.484 e. The summed E-state index contributed by atoms with van der Waals surface area (Å²) in [5.74, 6) is -1.67. The molecule has 1 aromatic rings. The molecule has 6 N–H and O–H groups in total. The lowest BCUT2D eigenvalue weighted by Gasteiger charge is -2.19. The van der Waals surface area contributed by atoms with Crippen LogP contribution in [-0.4, -0.2) is 42.3 Å². The molecule has 0 heterocycles. The maximum Gasteiger partial charge on any atom is 0.261 e. The van der Waals surface area contributed by atoms with Crippen molar-refractivity contribution in [2.75, 3.05) is 25.4 Å². The van der Waals surface area contributed by atoms with Crippen LogP contribution in [0.4, 0.5) is 5.69 Å². The number of amides is 3. The van der Waals surface area contributed by atoms with E-state index in [1.54, 1.807) is 24.3 Å². The van der Waals surface area contributed by atoms with Gasteiger partial charge in [0.2, 0.25) is 11.8 Å². The van der Waals surface area contributed by atoms with Crippen LogP contribution in [-0.2, 0) is 14.4 Å². The second-order valence-electron chi connectivity index (χ2n) is 4.04. The molecule has 8 nitrogen and oxygen atoms in total. The minimum Gasteiger partial charge on any atom is -0.484 e. The number of rotatable bonds is 7. The zero-order valence-corrected chi connectivity index (χ0v) is 10.7. The Balaban J connectivity index is 2.61. The highest BCUT2D eigenvalue weighted by atomic mass is 16.5. The summed E-state index contributed by atoms with van der Waals surface area (Å²) in [5.41, 5.74) is 16.0. The fourth-order valence-electron chi connectivity index (χ4n) is 1.45. The van der Waals surface area contributed by atoms with Crippen molar-refractivity contribution in [3.63, 3.8) is 0 Å². The number of carbonyl (C=O) groups is 3. The van der Waals surface area contributed by atoms with E-state index in [0.717, 1.165) is 4.90 Å². The second-order valence-corrected chi connectivity index (χ2v) is 4.04. The summed E-state index contributed by atoms with van der Waals surface area (Å²) >= 11 is 0. The quantitative estimate of drug-likeness (QED) is 0.518. The van der Waals surface area contributed by atoms with Crippen molar-refractivity contribution in [2.24, 2.45) is 11.5 Å². The van der Waals surface area contributed by atoms with E-state index < -0.39 is 30.8 Å². The number of nitrogens with two attached hydrogens (primary N) is 3. The molecule has 0 aliphatic heterocycles. The van der Waals surface area contributed by atoms with E-state index in [1.807, 2.05) is 0 Å². The monoisotopic (exact) mass is 280 g/mol. The van der Waals surface area contributed by atoms with Crippen molar-refractivity contribution in [1.29, 1.82) is 0 Å². The third-order valence-electron chi connectivity index (χ3n) is 2.27. The van der Waals surface area contributed by atoms with Crippen LogP contribution in [0.15, 0.2) is 24.3 Å². The first-order valence-electron chi connectivity index (χ1n) is 5.71. The standard InChI is InChI=1S/C12H16N4O4/c13-8-2-1-3-9(4-8)20-7-12(19)16(5-10(14)17)6-11(15)18/h1-4H,5-7,13H2,(H2,14,17)(H2,15,18). The topological polar surface area (TPSA) is 142 Å². The van der Waals surface area contributed by atoms with E-state index in [9.17, 15) is 14.4 Å². The average Bonchev–Trinajstić information content (AvgIpc) is 2.34. The van der Waals surface area contributed by atoms with Gasteiger partial charge in [-0.15, -0.1) is 0 Å². The molecule has 0 aromatic heterocycles. The molecule has 20 heavy (non-hydrogen) atoms. The normalized spacial score (nSPS) is 9.80. The molecule has 0 unspecified atom stereocenters. The maximum atomic E-state index is 11.8. The van der Waals surface area contributed by atoms with Gasteiger partial charge in [-0.2, -0.15) is 0 Å². The lowest BCUT2D eigenvalue weighted by Crippen LogP contribution is -2.45. The van der Waals surface area contributed by atoms with E-state index >= 15 is 0 Å². The van der Waals surface area contributed by atoms with E-state index in [1.165, 1.54) is 0 Å². The lowest BCUT2D eigenvalue weighted by atomic mass is 10.3. The number of primary amides is 2. The summed E-state index contributed by atoms with van der Waals surface area (Å²) in [6, 6.07) is 6.50. The zero-order chi connectivity index (χ0) is 15.1. The minimum absolute atomic E-state index is 0.357.